The summed E-state index contributed by atoms with van der Waals surface area (Å²) >= 11 is 6.18. The molecule has 1 atom stereocenters. The largest absolute Gasteiger partial charge is 0.490 e. The van der Waals surface area contributed by atoms with E-state index in [0.29, 0.717) is 13.2 Å². The van der Waals surface area contributed by atoms with Gasteiger partial charge in [0, 0.05) is 17.3 Å². The maximum absolute atomic E-state index is 6.18. The Kier molecular flexibility index (Phi) is 6.14. The van der Waals surface area contributed by atoms with Crippen LogP contribution < -0.4 is 14.4 Å². The Bertz CT molecular complexity index is 1000. The zero-order valence-electron chi connectivity index (χ0n) is 17.7. The van der Waals surface area contributed by atoms with Crippen molar-refractivity contribution in [3.8, 4) is 11.5 Å². The van der Waals surface area contributed by atoms with Crippen LogP contribution in [0, 0.1) is 6.92 Å². The Morgan fingerprint density at radius 1 is 1.00 bits per heavy atom. The molecule has 2 heterocycles. The molecule has 1 aliphatic heterocycles. The van der Waals surface area contributed by atoms with Gasteiger partial charge < -0.3 is 14.4 Å². The number of rotatable bonds is 6. The molecule has 0 bridgehead atoms. The van der Waals surface area contributed by atoms with Gasteiger partial charge in [-0.3, -0.25) is 4.98 Å². The lowest BCUT2D eigenvalue weighted by atomic mass is 9.87. The van der Waals surface area contributed by atoms with Gasteiger partial charge in [0.1, 0.15) is 0 Å². The summed E-state index contributed by atoms with van der Waals surface area (Å²) in [7, 11) is 0. The first-order valence-electron chi connectivity index (χ1n) is 10.5. The molecule has 0 saturated heterocycles. The van der Waals surface area contributed by atoms with Crippen molar-refractivity contribution in [2.24, 2.45) is 0 Å². The minimum Gasteiger partial charge on any atom is -0.490 e. The molecule has 1 aliphatic rings. The average molecular weight is 423 g/mol. The highest BCUT2D eigenvalue weighted by atomic mass is 35.5. The molecule has 0 fully saturated rings. The minimum absolute atomic E-state index is 0.0467. The molecule has 0 spiro atoms. The Morgan fingerprint density at radius 2 is 1.70 bits per heavy atom. The molecule has 0 aliphatic carbocycles. The van der Waals surface area contributed by atoms with Crippen molar-refractivity contribution < 1.29 is 9.47 Å². The monoisotopic (exact) mass is 422 g/mol. The van der Waals surface area contributed by atoms with Crippen LogP contribution in [0.4, 0.5) is 5.69 Å². The van der Waals surface area contributed by atoms with Gasteiger partial charge in [-0.05, 0) is 80.3 Å². The fourth-order valence-electron chi connectivity index (χ4n) is 4.08. The molecular formula is C25H27ClN2O2. The van der Waals surface area contributed by atoms with Crippen LogP contribution >= 0.6 is 11.6 Å². The summed E-state index contributed by atoms with van der Waals surface area (Å²) < 4.78 is 11.8. The van der Waals surface area contributed by atoms with Crippen LogP contribution in [-0.2, 0) is 6.42 Å². The minimum atomic E-state index is 0.0467. The Balaban J connectivity index is 1.85. The van der Waals surface area contributed by atoms with Gasteiger partial charge in [0.25, 0.3) is 0 Å². The van der Waals surface area contributed by atoms with Gasteiger partial charge in [-0.15, -0.1) is 0 Å². The van der Waals surface area contributed by atoms with Crippen molar-refractivity contribution in [3.05, 3.63) is 82.1 Å². The van der Waals surface area contributed by atoms with Gasteiger partial charge >= 0.3 is 0 Å². The first-order chi connectivity index (χ1) is 14.6. The number of aromatic nitrogens is 1. The Hall–Kier alpha value is -2.72. The van der Waals surface area contributed by atoms with E-state index in [1.807, 2.05) is 39.1 Å². The number of hydrogen-bond donors (Lipinski definition) is 0. The quantitative estimate of drug-likeness (QED) is 0.488. The Labute approximate surface area is 183 Å². The molecule has 0 saturated carbocycles. The number of fused-ring (bicyclic) bond motifs is 1. The number of nitrogens with zero attached hydrogens (tertiary/aromatic N) is 2. The third-order valence-electron chi connectivity index (χ3n) is 5.45. The second-order valence-electron chi connectivity index (χ2n) is 7.42. The first kappa shape index (κ1) is 20.5. The van der Waals surface area contributed by atoms with Gasteiger partial charge in [0.15, 0.2) is 11.5 Å². The zero-order chi connectivity index (χ0) is 21.1. The molecule has 0 amide bonds. The van der Waals surface area contributed by atoms with Crippen LogP contribution in [0.2, 0.25) is 5.02 Å². The van der Waals surface area contributed by atoms with Crippen molar-refractivity contribution in [3.63, 3.8) is 0 Å². The second kappa shape index (κ2) is 8.97. The maximum atomic E-state index is 6.18. The summed E-state index contributed by atoms with van der Waals surface area (Å²) in [4.78, 5) is 6.94. The van der Waals surface area contributed by atoms with Crippen LogP contribution in [0.25, 0.3) is 0 Å². The number of hydrogen-bond acceptors (Lipinski definition) is 4. The lowest BCUT2D eigenvalue weighted by Gasteiger charge is -2.39. The van der Waals surface area contributed by atoms with E-state index in [2.05, 4.69) is 46.3 Å². The van der Waals surface area contributed by atoms with Crippen LogP contribution in [0.1, 0.15) is 42.3 Å². The fraction of sp³-hybridized carbons (Fsp3) is 0.320. The highest BCUT2D eigenvalue weighted by molar-refractivity contribution is 6.30. The summed E-state index contributed by atoms with van der Waals surface area (Å²) in [5, 5.41) is 0.736. The average Bonchev–Trinajstić information content (AvgIpc) is 2.75. The molecule has 4 nitrogen and oxygen atoms in total. The van der Waals surface area contributed by atoms with E-state index < -0.39 is 0 Å². The summed E-state index contributed by atoms with van der Waals surface area (Å²) in [5.41, 5.74) is 5.83. The van der Waals surface area contributed by atoms with Crippen LogP contribution in [0.3, 0.4) is 0 Å². The SMILES string of the molecule is CCOc1cc2c(cc1OCC)C(c1ccc(Cl)cc1)N(c1ccc(C)nc1)CC2. The first-order valence-corrected chi connectivity index (χ1v) is 10.9. The third kappa shape index (κ3) is 4.10. The summed E-state index contributed by atoms with van der Waals surface area (Å²) in [6, 6.07) is 16.7. The lowest BCUT2D eigenvalue weighted by molar-refractivity contribution is 0.286. The normalized spacial score (nSPS) is 15.6. The molecular weight excluding hydrogens is 396 g/mol. The number of ether oxygens (including phenoxy) is 2. The lowest BCUT2D eigenvalue weighted by Crippen LogP contribution is -2.36. The second-order valence-corrected chi connectivity index (χ2v) is 7.86. The van der Waals surface area contributed by atoms with Crippen molar-refractivity contribution in [1.29, 1.82) is 0 Å². The molecule has 0 N–H and O–H groups in total. The molecule has 30 heavy (non-hydrogen) atoms. The number of halogens is 1. The van der Waals surface area contributed by atoms with Crippen molar-refractivity contribution in [2.75, 3.05) is 24.7 Å². The number of benzene rings is 2. The van der Waals surface area contributed by atoms with Crippen molar-refractivity contribution in [2.45, 2.75) is 33.2 Å². The van der Waals surface area contributed by atoms with Crippen molar-refractivity contribution in [1.82, 2.24) is 4.98 Å². The predicted octanol–water partition coefficient (Wildman–Crippen LogP) is 5.99. The third-order valence-corrected chi connectivity index (χ3v) is 5.70. The number of aryl methyl sites for hydroxylation is 1. The highest BCUT2D eigenvalue weighted by Gasteiger charge is 2.31. The predicted molar refractivity (Wildman–Crippen MR) is 122 cm³/mol. The highest BCUT2D eigenvalue weighted by Crippen LogP contribution is 2.43. The molecule has 1 unspecified atom stereocenters. The standard InChI is InChI=1S/C25H27ClN2O2/c1-4-29-23-14-19-12-13-28(21-11-6-17(3)27-16-21)25(18-7-9-20(26)10-8-18)22(19)15-24(23)30-5-2/h6-11,14-16,25H,4-5,12-13H2,1-3H3. The van der Waals surface area contributed by atoms with E-state index >= 15 is 0 Å². The fourth-order valence-corrected chi connectivity index (χ4v) is 4.20. The van der Waals surface area contributed by atoms with E-state index in [0.717, 1.165) is 40.9 Å². The number of pyridine rings is 1. The summed E-state index contributed by atoms with van der Waals surface area (Å²) in [5.74, 6) is 1.61. The smallest absolute Gasteiger partial charge is 0.161 e. The van der Waals surface area contributed by atoms with Crippen LogP contribution in [-0.4, -0.2) is 24.7 Å². The number of anilines is 1. The summed E-state index contributed by atoms with van der Waals surface area (Å²) in [6.45, 7) is 8.10. The van der Waals surface area contributed by atoms with E-state index in [1.165, 1.54) is 16.7 Å². The molecule has 5 heteroatoms. The molecule has 4 rings (SSSR count). The van der Waals surface area contributed by atoms with E-state index in [1.54, 1.807) is 0 Å². The molecule has 0 radical (unpaired) electrons. The van der Waals surface area contributed by atoms with Gasteiger partial charge in [-0.1, -0.05) is 23.7 Å². The summed E-state index contributed by atoms with van der Waals surface area (Å²) in [6.07, 6.45) is 2.89. The van der Waals surface area contributed by atoms with E-state index in [9.17, 15) is 0 Å². The Morgan fingerprint density at radius 3 is 2.33 bits per heavy atom. The zero-order valence-corrected chi connectivity index (χ0v) is 18.4. The molecule has 3 aromatic rings. The molecule has 156 valence electrons. The molecule has 1 aromatic heterocycles. The van der Waals surface area contributed by atoms with Crippen LogP contribution in [0.15, 0.2) is 54.7 Å². The van der Waals surface area contributed by atoms with Gasteiger partial charge in [0.05, 0.1) is 31.1 Å². The van der Waals surface area contributed by atoms with Crippen LogP contribution in [0.5, 0.6) is 11.5 Å². The van der Waals surface area contributed by atoms with E-state index in [4.69, 9.17) is 21.1 Å². The maximum Gasteiger partial charge on any atom is 0.161 e. The van der Waals surface area contributed by atoms with Gasteiger partial charge in [-0.2, -0.15) is 0 Å². The topological polar surface area (TPSA) is 34.6 Å². The van der Waals surface area contributed by atoms with E-state index in [-0.39, 0.29) is 6.04 Å². The van der Waals surface area contributed by atoms with Crippen molar-refractivity contribution >= 4 is 17.3 Å². The van der Waals surface area contributed by atoms with Gasteiger partial charge in [0.2, 0.25) is 0 Å². The van der Waals surface area contributed by atoms with Gasteiger partial charge in [-0.25, -0.2) is 0 Å². The molecule has 2 aromatic carbocycles.